The lowest BCUT2D eigenvalue weighted by Gasteiger charge is -1.99. The summed E-state index contributed by atoms with van der Waals surface area (Å²) in [7, 11) is 3.77. The monoisotopic (exact) mass is 223 g/mol. The van der Waals surface area contributed by atoms with E-state index in [4.69, 9.17) is 0 Å². The molecule has 0 saturated carbocycles. The molecule has 1 aromatic carbocycles. The zero-order valence-electron chi connectivity index (χ0n) is 8.44. The van der Waals surface area contributed by atoms with Crippen LogP contribution in [-0.4, -0.2) is 30.3 Å². The van der Waals surface area contributed by atoms with Gasteiger partial charge in [-0.1, -0.05) is 11.3 Å². The van der Waals surface area contributed by atoms with Crippen molar-refractivity contribution in [3.8, 4) is 0 Å². The molecule has 2 rings (SSSR count). The molecule has 0 spiro atoms. The number of hydrogen-bond donors (Lipinski definition) is 0. The van der Waals surface area contributed by atoms with E-state index >= 15 is 0 Å². The molecule has 15 heavy (non-hydrogen) atoms. The quantitative estimate of drug-likeness (QED) is 0.578. The van der Waals surface area contributed by atoms with Gasteiger partial charge in [-0.05, 0) is 18.2 Å². The van der Waals surface area contributed by atoms with E-state index < -0.39 is 0 Å². The Morgan fingerprint density at radius 1 is 1.47 bits per heavy atom. The van der Waals surface area contributed by atoms with Crippen molar-refractivity contribution in [3.63, 3.8) is 0 Å². The molecule has 3 nitrogen and oxygen atoms in total. The first-order valence-electron chi connectivity index (χ1n) is 4.42. The Hall–Kier alpha value is -1.49. The van der Waals surface area contributed by atoms with E-state index in [2.05, 4.69) is 9.98 Å². The molecule has 0 N–H and O–H groups in total. The van der Waals surface area contributed by atoms with Crippen LogP contribution >= 0.6 is 11.3 Å². The highest BCUT2D eigenvalue weighted by atomic mass is 32.1. The topological polar surface area (TPSA) is 28.5 Å². The molecule has 0 aliphatic heterocycles. The van der Waals surface area contributed by atoms with Crippen LogP contribution in [-0.2, 0) is 0 Å². The minimum atomic E-state index is -0.241. The van der Waals surface area contributed by atoms with Crippen LogP contribution in [0.2, 0.25) is 0 Å². The highest BCUT2D eigenvalue weighted by Gasteiger charge is 2.02. The predicted octanol–water partition coefficient (Wildman–Crippen LogP) is 2.66. The van der Waals surface area contributed by atoms with Crippen molar-refractivity contribution in [2.45, 2.75) is 0 Å². The Morgan fingerprint density at radius 2 is 2.27 bits per heavy atom. The third-order valence-electron chi connectivity index (χ3n) is 1.74. The molecule has 0 amide bonds. The molecule has 2 aromatic rings. The summed E-state index contributed by atoms with van der Waals surface area (Å²) in [4.78, 5) is 10.2. The molecule has 0 radical (unpaired) electrons. The Balaban J connectivity index is 2.39. The summed E-state index contributed by atoms with van der Waals surface area (Å²) in [5.74, 6) is -0.241. The van der Waals surface area contributed by atoms with Crippen LogP contribution in [0.25, 0.3) is 10.2 Å². The molecule has 0 aliphatic rings. The van der Waals surface area contributed by atoms with Crippen molar-refractivity contribution in [1.29, 1.82) is 0 Å². The second-order valence-corrected chi connectivity index (χ2v) is 4.33. The Bertz CT molecular complexity index is 504. The van der Waals surface area contributed by atoms with Gasteiger partial charge in [0, 0.05) is 14.1 Å². The number of thiazole rings is 1. The van der Waals surface area contributed by atoms with Crippen molar-refractivity contribution < 1.29 is 4.39 Å². The van der Waals surface area contributed by atoms with Gasteiger partial charge in [0.1, 0.15) is 5.82 Å². The molecule has 5 heteroatoms. The van der Waals surface area contributed by atoms with Crippen LogP contribution in [0, 0.1) is 5.82 Å². The molecule has 0 fully saturated rings. The minimum Gasteiger partial charge on any atom is -0.369 e. The van der Waals surface area contributed by atoms with Gasteiger partial charge in [0.25, 0.3) is 0 Å². The largest absolute Gasteiger partial charge is 0.369 e. The molecule has 0 saturated heterocycles. The SMILES string of the molecule is CN(C)C=Nc1nc2ccc(F)cc2s1. The van der Waals surface area contributed by atoms with Crippen molar-refractivity contribution >= 4 is 33.0 Å². The summed E-state index contributed by atoms with van der Waals surface area (Å²) in [5, 5.41) is 0.643. The average molecular weight is 223 g/mol. The lowest BCUT2D eigenvalue weighted by atomic mass is 10.3. The van der Waals surface area contributed by atoms with Crippen LogP contribution in [0.4, 0.5) is 9.52 Å². The maximum absolute atomic E-state index is 12.9. The zero-order chi connectivity index (χ0) is 10.8. The maximum atomic E-state index is 12.9. The van der Waals surface area contributed by atoms with Crippen LogP contribution in [0.5, 0.6) is 0 Å². The van der Waals surface area contributed by atoms with Gasteiger partial charge in [-0.25, -0.2) is 14.4 Å². The summed E-state index contributed by atoms with van der Waals surface area (Å²) in [6.45, 7) is 0. The van der Waals surface area contributed by atoms with Crippen molar-refractivity contribution in [3.05, 3.63) is 24.0 Å². The molecule has 0 aliphatic carbocycles. The fourth-order valence-corrected chi connectivity index (χ4v) is 1.94. The van der Waals surface area contributed by atoms with E-state index in [1.165, 1.54) is 23.5 Å². The molecular formula is C10H10FN3S. The number of aromatic nitrogens is 1. The third kappa shape index (κ3) is 2.30. The summed E-state index contributed by atoms with van der Waals surface area (Å²) in [6.07, 6.45) is 1.67. The number of fused-ring (bicyclic) bond motifs is 1. The van der Waals surface area contributed by atoms with Gasteiger partial charge >= 0.3 is 0 Å². The lowest BCUT2D eigenvalue weighted by molar-refractivity contribution is 0.630. The van der Waals surface area contributed by atoms with Crippen molar-refractivity contribution in [1.82, 2.24) is 9.88 Å². The molecule has 1 heterocycles. The number of rotatable bonds is 2. The standard InChI is InChI=1S/C10H10FN3S/c1-14(2)6-12-10-13-8-4-3-7(11)5-9(8)15-10/h3-6H,1-2H3. The molecule has 78 valence electrons. The highest BCUT2D eigenvalue weighted by molar-refractivity contribution is 7.22. The normalized spacial score (nSPS) is 11.4. The Morgan fingerprint density at radius 3 is 3.00 bits per heavy atom. The number of nitrogens with zero attached hydrogens (tertiary/aromatic N) is 3. The second-order valence-electron chi connectivity index (χ2n) is 3.32. The molecule has 0 atom stereocenters. The van der Waals surface area contributed by atoms with Crippen molar-refractivity contribution in [2.75, 3.05) is 14.1 Å². The van der Waals surface area contributed by atoms with Gasteiger partial charge in [0.15, 0.2) is 0 Å². The van der Waals surface area contributed by atoms with Crippen LogP contribution in [0.15, 0.2) is 23.2 Å². The molecule has 1 aromatic heterocycles. The maximum Gasteiger partial charge on any atom is 0.211 e. The first-order chi connectivity index (χ1) is 7.15. The van der Waals surface area contributed by atoms with Gasteiger partial charge in [-0.15, -0.1) is 0 Å². The fourth-order valence-electron chi connectivity index (χ4n) is 1.11. The summed E-state index contributed by atoms with van der Waals surface area (Å²) in [5.41, 5.74) is 0.785. The van der Waals surface area contributed by atoms with Gasteiger partial charge < -0.3 is 4.90 Å². The van der Waals surface area contributed by atoms with Gasteiger partial charge in [0.05, 0.1) is 16.6 Å². The summed E-state index contributed by atoms with van der Waals surface area (Å²) in [6, 6.07) is 4.54. The van der Waals surface area contributed by atoms with E-state index in [9.17, 15) is 4.39 Å². The number of aliphatic imine (C=N–C) groups is 1. The van der Waals surface area contributed by atoms with Crippen LogP contribution in [0.3, 0.4) is 0 Å². The van der Waals surface area contributed by atoms with Gasteiger partial charge in [0.2, 0.25) is 5.13 Å². The smallest absolute Gasteiger partial charge is 0.211 e. The van der Waals surface area contributed by atoms with E-state index in [0.717, 1.165) is 10.2 Å². The summed E-state index contributed by atoms with van der Waals surface area (Å²) < 4.78 is 13.7. The van der Waals surface area contributed by atoms with E-state index in [1.807, 2.05) is 19.0 Å². The molecule has 0 unspecified atom stereocenters. The van der Waals surface area contributed by atoms with Gasteiger partial charge in [-0.3, -0.25) is 0 Å². The van der Waals surface area contributed by atoms with E-state index in [-0.39, 0.29) is 5.82 Å². The lowest BCUT2D eigenvalue weighted by Crippen LogP contribution is -2.06. The number of halogens is 1. The third-order valence-corrected chi connectivity index (χ3v) is 2.66. The summed E-state index contributed by atoms with van der Waals surface area (Å²) >= 11 is 1.38. The number of hydrogen-bond acceptors (Lipinski definition) is 3. The minimum absolute atomic E-state index is 0.241. The Labute approximate surface area is 90.9 Å². The highest BCUT2D eigenvalue weighted by Crippen LogP contribution is 2.28. The molecule has 0 bridgehead atoms. The first-order valence-corrected chi connectivity index (χ1v) is 5.23. The average Bonchev–Trinajstić information content (AvgIpc) is 2.56. The van der Waals surface area contributed by atoms with E-state index in [0.29, 0.717) is 5.13 Å². The second kappa shape index (κ2) is 3.94. The van der Waals surface area contributed by atoms with Crippen LogP contribution in [0.1, 0.15) is 0 Å². The fraction of sp³-hybridized carbons (Fsp3) is 0.200. The zero-order valence-corrected chi connectivity index (χ0v) is 9.25. The van der Waals surface area contributed by atoms with E-state index in [1.54, 1.807) is 12.4 Å². The number of benzene rings is 1. The first kappa shape index (κ1) is 10.0. The van der Waals surface area contributed by atoms with Gasteiger partial charge in [-0.2, -0.15) is 0 Å². The molecular weight excluding hydrogens is 213 g/mol. The predicted molar refractivity (Wildman–Crippen MR) is 61.4 cm³/mol. The van der Waals surface area contributed by atoms with Crippen LogP contribution < -0.4 is 0 Å². The Kier molecular flexibility index (Phi) is 2.64. The van der Waals surface area contributed by atoms with Crippen molar-refractivity contribution in [2.24, 2.45) is 4.99 Å².